The van der Waals surface area contributed by atoms with Crippen molar-refractivity contribution in [2.75, 3.05) is 11.5 Å². The Morgan fingerprint density at radius 3 is 2.13 bits per heavy atom. The number of esters is 1. The zero-order valence-electron chi connectivity index (χ0n) is 24.3. The molecule has 3 heterocycles. The molecule has 10 nitrogen and oxygen atoms in total. The molecule has 12 heteroatoms. The standard InChI is InChI=1S/C33H28ClN5O5S/c1-20-13-15-24(16-14-20)45-28-26(34)25(17-43-21(2)40)44-33(28)38-19-37-27-29(38)35-18-36-30(27)39(31(41)22-9-5-3-6-10-22)32(42)23-11-7-4-8-12-23/h3-16,18-19,25-26,28,33H,17H2,1-2H3/t25-,26-,28+,33-/m1/s1. The molecule has 0 radical (unpaired) electrons. The summed E-state index contributed by atoms with van der Waals surface area (Å²) in [6, 6.07) is 25.0. The van der Waals surface area contributed by atoms with Gasteiger partial charge in [-0.2, -0.15) is 0 Å². The molecule has 1 saturated heterocycles. The van der Waals surface area contributed by atoms with Crippen LogP contribution in [0.3, 0.4) is 0 Å². The second-order valence-electron chi connectivity index (χ2n) is 10.4. The number of halogens is 1. The van der Waals surface area contributed by atoms with E-state index in [0.29, 0.717) is 16.8 Å². The highest BCUT2D eigenvalue weighted by Crippen LogP contribution is 2.44. The van der Waals surface area contributed by atoms with Crippen molar-refractivity contribution >= 4 is 58.1 Å². The van der Waals surface area contributed by atoms with Crippen molar-refractivity contribution in [3.05, 3.63) is 114 Å². The number of aromatic nitrogens is 4. The lowest BCUT2D eigenvalue weighted by molar-refractivity contribution is -0.145. The number of ether oxygens (including phenoxy) is 2. The first-order valence-electron chi connectivity index (χ1n) is 14.1. The highest BCUT2D eigenvalue weighted by Gasteiger charge is 2.46. The van der Waals surface area contributed by atoms with Gasteiger partial charge in [0.2, 0.25) is 0 Å². The van der Waals surface area contributed by atoms with Gasteiger partial charge < -0.3 is 9.47 Å². The van der Waals surface area contributed by atoms with E-state index in [2.05, 4.69) is 15.0 Å². The van der Waals surface area contributed by atoms with Gasteiger partial charge >= 0.3 is 5.97 Å². The van der Waals surface area contributed by atoms with Crippen LogP contribution in [-0.4, -0.2) is 60.6 Å². The summed E-state index contributed by atoms with van der Waals surface area (Å²) in [5.74, 6) is -1.54. The minimum absolute atomic E-state index is 0.0250. The van der Waals surface area contributed by atoms with E-state index in [9.17, 15) is 14.4 Å². The van der Waals surface area contributed by atoms with Crippen LogP contribution < -0.4 is 4.90 Å². The van der Waals surface area contributed by atoms with Gasteiger partial charge in [0.15, 0.2) is 23.2 Å². The number of hydrogen-bond donors (Lipinski definition) is 0. The third kappa shape index (κ3) is 6.32. The minimum atomic E-state index is -0.685. The van der Waals surface area contributed by atoms with Crippen LogP contribution in [0.15, 0.2) is 102 Å². The van der Waals surface area contributed by atoms with E-state index in [4.69, 9.17) is 21.1 Å². The Labute approximate surface area is 268 Å². The van der Waals surface area contributed by atoms with Gasteiger partial charge in [-0.05, 0) is 43.3 Å². The van der Waals surface area contributed by atoms with Crippen LogP contribution in [0.25, 0.3) is 11.2 Å². The molecular formula is C33H28ClN5O5S. The van der Waals surface area contributed by atoms with Crippen molar-refractivity contribution in [3.63, 3.8) is 0 Å². The van der Waals surface area contributed by atoms with Crippen LogP contribution in [0.1, 0.15) is 39.4 Å². The van der Waals surface area contributed by atoms with Crippen molar-refractivity contribution in [3.8, 4) is 0 Å². The average molecular weight is 642 g/mol. The Bertz CT molecular complexity index is 1790. The van der Waals surface area contributed by atoms with E-state index in [1.165, 1.54) is 31.3 Å². The van der Waals surface area contributed by atoms with Crippen LogP contribution in [-0.2, 0) is 14.3 Å². The number of fused-ring (bicyclic) bond motifs is 1. The summed E-state index contributed by atoms with van der Waals surface area (Å²) in [5, 5.41) is -0.894. The first-order valence-corrected chi connectivity index (χ1v) is 15.5. The Balaban J connectivity index is 1.42. The quantitative estimate of drug-likeness (QED) is 0.117. The summed E-state index contributed by atoms with van der Waals surface area (Å²) >= 11 is 8.50. The lowest BCUT2D eigenvalue weighted by Crippen LogP contribution is -2.38. The molecule has 6 rings (SSSR count). The Kier molecular flexibility index (Phi) is 8.92. The molecule has 3 aromatic carbocycles. The molecule has 0 bridgehead atoms. The number of carbonyl (C=O) groups excluding carboxylic acids is 3. The number of amides is 2. The number of rotatable bonds is 8. The molecule has 5 aromatic rings. The fourth-order valence-corrected chi connectivity index (χ4v) is 6.68. The molecule has 0 aliphatic carbocycles. The van der Waals surface area contributed by atoms with Crippen LogP contribution in [0.2, 0.25) is 0 Å². The predicted octanol–water partition coefficient (Wildman–Crippen LogP) is 5.85. The smallest absolute Gasteiger partial charge is 0.302 e. The molecule has 228 valence electrons. The van der Waals surface area contributed by atoms with E-state index in [1.807, 2.05) is 31.2 Å². The fourth-order valence-electron chi connectivity index (χ4n) is 5.05. The summed E-state index contributed by atoms with van der Waals surface area (Å²) in [6.07, 6.45) is 1.52. The lowest BCUT2D eigenvalue weighted by atomic mass is 10.1. The number of aryl methyl sites for hydroxylation is 1. The normalized spacial score (nSPS) is 19.4. The van der Waals surface area contributed by atoms with E-state index >= 15 is 0 Å². The maximum Gasteiger partial charge on any atom is 0.302 e. The maximum absolute atomic E-state index is 13.9. The number of thioether (sulfide) groups is 1. The largest absolute Gasteiger partial charge is 0.463 e. The molecule has 1 aliphatic rings. The van der Waals surface area contributed by atoms with Gasteiger partial charge in [0.1, 0.15) is 19.0 Å². The van der Waals surface area contributed by atoms with E-state index in [1.54, 1.807) is 65.2 Å². The first-order chi connectivity index (χ1) is 21.8. The number of imide groups is 1. The van der Waals surface area contributed by atoms with Gasteiger partial charge in [-0.25, -0.2) is 19.9 Å². The maximum atomic E-state index is 13.9. The highest BCUT2D eigenvalue weighted by molar-refractivity contribution is 8.00. The topological polar surface area (TPSA) is 117 Å². The number of nitrogens with zero attached hydrogens (tertiary/aromatic N) is 5. The summed E-state index contributed by atoms with van der Waals surface area (Å²) < 4.78 is 13.4. The van der Waals surface area contributed by atoms with E-state index < -0.39 is 35.5 Å². The number of carbonyl (C=O) groups is 3. The van der Waals surface area contributed by atoms with Gasteiger partial charge in [-0.15, -0.1) is 23.4 Å². The number of hydrogen-bond acceptors (Lipinski definition) is 9. The van der Waals surface area contributed by atoms with E-state index in [0.717, 1.165) is 15.4 Å². The van der Waals surface area contributed by atoms with Crippen molar-refractivity contribution in [2.45, 2.75) is 41.7 Å². The second kappa shape index (κ2) is 13.2. The summed E-state index contributed by atoms with van der Waals surface area (Å²) in [5.41, 5.74) is 2.30. The number of imidazole rings is 1. The zero-order valence-corrected chi connectivity index (χ0v) is 25.9. The van der Waals surface area contributed by atoms with Gasteiger partial charge in [0.05, 0.1) is 17.0 Å². The molecule has 1 fully saturated rings. The minimum Gasteiger partial charge on any atom is -0.463 e. The molecule has 0 spiro atoms. The van der Waals surface area contributed by atoms with Crippen molar-refractivity contribution in [1.29, 1.82) is 0 Å². The van der Waals surface area contributed by atoms with Gasteiger partial charge in [0.25, 0.3) is 11.8 Å². The van der Waals surface area contributed by atoms with E-state index in [-0.39, 0.29) is 23.2 Å². The molecule has 2 amide bonds. The molecule has 0 saturated carbocycles. The molecule has 2 aromatic heterocycles. The Morgan fingerprint density at radius 2 is 1.53 bits per heavy atom. The van der Waals surface area contributed by atoms with Gasteiger partial charge in [-0.3, -0.25) is 19.0 Å². The summed E-state index contributed by atoms with van der Waals surface area (Å²) in [7, 11) is 0. The van der Waals surface area contributed by atoms with Gasteiger partial charge in [0, 0.05) is 22.9 Å². The molecule has 1 aliphatic heterocycles. The molecular weight excluding hydrogens is 614 g/mol. The van der Waals surface area contributed by atoms with Crippen LogP contribution in [0.5, 0.6) is 0 Å². The number of anilines is 1. The summed E-state index contributed by atoms with van der Waals surface area (Å²) in [6.45, 7) is 3.32. The third-order valence-electron chi connectivity index (χ3n) is 7.28. The molecule has 0 unspecified atom stereocenters. The summed E-state index contributed by atoms with van der Waals surface area (Å²) in [4.78, 5) is 54.8. The SMILES string of the molecule is CC(=O)OC[C@H]1O[C@@H](n2cnc3c(N(C(=O)c4ccccc4)C(=O)c4ccccc4)ncnc32)[C@@H](Sc2ccc(C)cc2)[C@@H]1Cl. The first kappa shape index (κ1) is 30.4. The zero-order chi connectivity index (χ0) is 31.5. The lowest BCUT2D eigenvalue weighted by Gasteiger charge is -2.22. The molecule has 45 heavy (non-hydrogen) atoms. The van der Waals surface area contributed by atoms with Crippen molar-refractivity contribution < 1.29 is 23.9 Å². The van der Waals surface area contributed by atoms with Crippen molar-refractivity contribution in [1.82, 2.24) is 19.5 Å². The monoisotopic (exact) mass is 641 g/mol. The highest BCUT2D eigenvalue weighted by atomic mass is 35.5. The van der Waals surface area contributed by atoms with Gasteiger partial charge in [-0.1, -0.05) is 54.1 Å². The molecule has 0 N–H and O–H groups in total. The number of benzene rings is 3. The second-order valence-corrected chi connectivity index (χ2v) is 12.2. The average Bonchev–Trinajstić information content (AvgIpc) is 3.63. The Hall–Kier alpha value is -4.58. The third-order valence-corrected chi connectivity index (χ3v) is 9.33. The number of alkyl halides is 1. The fraction of sp³-hybridized carbons (Fsp3) is 0.212. The van der Waals surface area contributed by atoms with Crippen LogP contribution in [0, 0.1) is 6.92 Å². The Morgan fingerprint density at radius 1 is 0.911 bits per heavy atom. The van der Waals surface area contributed by atoms with Crippen LogP contribution in [0.4, 0.5) is 5.82 Å². The van der Waals surface area contributed by atoms with Crippen LogP contribution >= 0.6 is 23.4 Å². The molecule has 4 atom stereocenters. The predicted molar refractivity (Wildman–Crippen MR) is 170 cm³/mol. The van der Waals surface area contributed by atoms with Crippen molar-refractivity contribution in [2.24, 2.45) is 0 Å².